The van der Waals surface area contributed by atoms with Gasteiger partial charge in [0.2, 0.25) is 5.88 Å². The number of ether oxygens (including phenoxy) is 3. The number of aromatic amines is 1. The molecule has 0 radical (unpaired) electrons. The highest BCUT2D eigenvalue weighted by Crippen LogP contribution is 2.48. The van der Waals surface area contributed by atoms with Crippen LogP contribution in [0.3, 0.4) is 0 Å². The van der Waals surface area contributed by atoms with E-state index in [1.165, 1.54) is 0 Å². The lowest BCUT2D eigenvalue weighted by atomic mass is 9.94. The van der Waals surface area contributed by atoms with Crippen LogP contribution in [-0.2, 0) is 14.9 Å². The second-order valence-electron chi connectivity index (χ2n) is 9.20. The lowest BCUT2D eigenvalue weighted by molar-refractivity contribution is 0.00784. The van der Waals surface area contributed by atoms with Crippen LogP contribution in [0, 0.1) is 0 Å². The Labute approximate surface area is 195 Å². The van der Waals surface area contributed by atoms with Crippen LogP contribution in [0.5, 0.6) is 5.88 Å². The van der Waals surface area contributed by atoms with Crippen molar-refractivity contribution < 1.29 is 29.2 Å². The Morgan fingerprint density at radius 3 is 2.61 bits per heavy atom. The van der Waals surface area contributed by atoms with Gasteiger partial charge < -0.3 is 29.4 Å². The molecule has 4 atom stereocenters. The van der Waals surface area contributed by atoms with Crippen LogP contribution >= 0.6 is 11.6 Å². The normalized spacial score (nSPS) is 27.6. The Kier molecular flexibility index (Phi) is 5.01. The molecular formula is C25H24ClNO6. The van der Waals surface area contributed by atoms with E-state index in [4.69, 9.17) is 25.8 Å². The fourth-order valence-electron chi connectivity index (χ4n) is 5.03. The number of hydrogen-bond acceptors (Lipinski definition) is 6. The molecule has 1 saturated carbocycles. The molecule has 1 aliphatic carbocycles. The van der Waals surface area contributed by atoms with Gasteiger partial charge in [0.25, 0.3) is 0 Å². The number of hydrogen-bond donors (Lipinski definition) is 3. The number of benzene rings is 2. The van der Waals surface area contributed by atoms with Gasteiger partial charge in [-0.25, -0.2) is 0 Å². The number of fused-ring (bicyclic) bond motifs is 2. The van der Waals surface area contributed by atoms with Crippen molar-refractivity contribution in [2.75, 3.05) is 19.8 Å². The van der Waals surface area contributed by atoms with Crippen molar-refractivity contribution in [2.45, 2.75) is 42.7 Å². The van der Waals surface area contributed by atoms with Crippen LogP contribution in [0.1, 0.15) is 28.8 Å². The van der Waals surface area contributed by atoms with E-state index in [9.17, 15) is 15.0 Å². The summed E-state index contributed by atoms with van der Waals surface area (Å²) in [5.74, 6) is 0.335. The van der Waals surface area contributed by atoms with E-state index in [0.717, 1.165) is 35.8 Å². The Balaban J connectivity index is 1.33. The standard InChI is InChI=1S/C25H24ClNO6/c26-18-8-19-16(7-15(18)13-1-3-14(4-2-13)25(12-29)5-6-25)17(9-28)24(27-19)33-21-11-32-22-20(30)10-31-23(21)22/h1-4,7-9,20-23,27,29-30H,5-6,10-12H2. The summed E-state index contributed by atoms with van der Waals surface area (Å²) in [7, 11) is 0. The van der Waals surface area contributed by atoms with Crippen LogP contribution in [0.15, 0.2) is 36.4 Å². The van der Waals surface area contributed by atoms with Crippen LogP contribution in [-0.4, -0.2) is 65.7 Å². The number of halogens is 1. The molecule has 2 aromatic carbocycles. The zero-order valence-electron chi connectivity index (χ0n) is 17.8. The number of nitrogens with one attached hydrogen (secondary N) is 1. The van der Waals surface area contributed by atoms with Crippen LogP contribution < -0.4 is 4.74 Å². The Hall–Kier alpha value is -2.42. The average molecular weight is 470 g/mol. The fourth-order valence-corrected chi connectivity index (χ4v) is 5.30. The van der Waals surface area contributed by atoms with Gasteiger partial charge in [-0.15, -0.1) is 0 Å². The molecule has 3 fully saturated rings. The summed E-state index contributed by atoms with van der Waals surface area (Å²) in [5.41, 5.74) is 3.88. The van der Waals surface area contributed by atoms with Gasteiger partial charge in [0, 0.05) is 16.4 Å². The maximum Gasteiger partial charge on any atom is 0.203 e. The molecule has 2 saturated heterocycles. The van der Waals surface area contributed by atoms with Crippen molar-refractivity contribution in [3.8, 4) is 17.0 Å². The SMILES string of the molecule is O=Cc1c(OC2COC3C(O)COC23)[nH]c2cc(Cl)c(-c3ccc(C4(CO)CC4)cc3)cc12. The van der Waals surface area contributed by atoms with Gasteiger partial charge in [0.1, 0.15) is 18.3 Å². The van der Waals surface area contributed by atoms with Crippen LogP contribution in [0.4, 0.5) is 0 Å². The predicted molar refractivity (Wildman–Crippen MR) is 122 cm³/mol. The number of carbonyl (C=O) groups is 1. The zero-order valence-corrected chi connectivity index (χ0v) is 18.5. The summed E-state index contributed by atoms with van der Waals surface area (Å²) in [4.78, 5) is 15.2. The molecule has 3 aliphatic rings. The summed E-state index contributed by atoms with van der Waals surface area (Å²) < 4.78 is 17.3. The lowest BCUT2D eigenvalue weighted by Crippen LogP contribution is -2.34. The van der Waals surface area contributed by atoms with Crippen molar-refractivity contribution in [1.29, 1.82) is 0 Å². The number of H-pyrrole nitrogens is 1. The topological polar surface area (TPSA) is 101 Å². The van der Waals surface area contributed by atoms with E-state index in [2.05, 4.69) is 4.98 Å². The number of aliphatic hydroxyl groups excluding tert-OH is 2. The summed E-state index contributed by atoms with van der Waals surface area (Å²) in [5, 5.41) is 20.9. The van der Waals surface area contributed by atoms with E-state index in [-0.39, 0.29) is 31.3 Å². The third kappa shape index (κ3) is 3.38. The molecule has 6 rings (SSSR count). The predicted octanol–water partition coefficient (Wildman–Crippen LogP) is 3.23. The van der Waals surface area contributed by atoms with Gasteiger partial charge in [-0.1, -0.05) is 35.9 Å². The smallest absolute Gasteiger partial charge is 0.203 e. The molecule has 4 unspecified atom stereocenters. The van der Waals surface area contributed by atoms with Crippen molar-refractivity contribution in [1.82, 2.24) is 4.98 Å². The molecule has 3 N–H and O–H groups in total. The summed E-state index contributed by atoms with van der Waals surface area (Å²) in [6, 6.07) is 11.8. The number of aromatic nitrogens is 1. The molecule has 1 aromatic heterocycles. The first-order chi connectivity index (χ1) is 16.0. The van der Waals surface area contributed by atoms with Crippen molar-refractivity contribution >= 4 is 28.8 Å². The van der Waals surface area contributed by atoms with Crippen molar-refractivity contribution in [2.24, 2.45) is 0 Å². The number of rotatable bonds is 6. The molecule has 0 amide bonds. The van der Waals surface area contributed by atoms with E-state index in [1.807, 2.05) is 30.3 Å². The highest BCUT2D eigenvalue weighted by atomic mass is 35.5. The van der Waals surface area contributed by atoms with Crippen LogP contribution in [0.25, 0.3) is 22.0 Å². The molecule has 172 valence electrons. The second-order valence-corrected chi connectivity index (χ2v) is 9.61. The van der Waals surface area contributed by atoms with E-state index < -0.39 is 18.3 Å². The van der Waals surface area contributed by atoms with Gasteiger partial charge in [-0.05, 0) is 36.1 Å². The summed E-state index contributed by atoms with van der Waals surface area (Å²) >= 11 is 6.61. The Morgan fingerprint density at radius 1 is 1.15 bits per heavy atom. The average Bonchev–Trinajstić information content (AvgIpc) is 3.23. The largest absolute Gasteiger partial charge is 0.470 e. The third-order valence-corrected chi connectivity index (χ3v) is 7.54. The van der Waals surface area contributed by atoms with Crippen molar-refractivity contribution in [3.63, 3.8) is 0 Å². The van der Waals surface area contributed by atoms with Gasteiger partial charge >= 0.3 is 0 Å². The minimum atomic E-state index is -0.670. The maximum atomic E-state index is 12.0. The second kappa shape index (κ2) is 7.82. The summed E-state index contributed by atoms with van der Waals surface area (Å²) in [6.07, 6.45) is 0.884. The van der Waals surface area contributed by atoms with Crippen LogP contribution in [0.2, 0.25) is 5.02 Å². The summed E-state index contributed by atoms with van der Waals surface area (Å²) in [6.45, 7) is 0.638. The lowest BCUT2D eigenvalue weighted by Gasteiger charge is -2.17. The molecule has 2 aliphatic heterocycles. The quantitative estimate of drug-likeness (QED) is 0.479. The molecule has 3 aromatic rings. The van der Waals surface area contributed by atoms with E-state index in [1.54, 1.807) is 6.07 Å². The molecule has 3 heterocycles. The zero-order chi connectivity index (χ0) is 22.7. The minimum absolute atomic E-state index is 0.0914. The maximum absolute atomic E-state index is 12.0. The molecule has 0 spiro atoms. The highest BCUT2D eigenvalue weighted by Gasteiger charge is 2.48. The number of carbonyl (C=O) groups excluding carboxylic acids is 1. The third-order valence-electron chi connectivity index (χ3n) is 7.22. The van der Waals surface area contributed by atoms with E-state index >= 15 is 0 Å². The van der Waals surface area contributed by atoms with E-state index in [0.29, 0.717) is 27.4 Å². The number of aliphatic hydroxyl groups is 2. The molecule has 33 heavy (non-hydrogen) atoms. The Bertz CT molecular complexity index is 1220. The molecular weight excluding hydrogens is 446 g/mol. The monoisotopic (exact) mass is 469 g/mol. The molecule has 0 bridgehead atoms. The first-order valence-electron chi connectivity index (χ1n) is 11.1. The van der Waals surface area contributed by atoms with Gasteiger partial charge in [0.15, 0.2) is 12.4 Å². The molecule has 8 heteroatoms. The highest BCUT2D eigenvalue weighted by molar-refractivity contribution is 6.34. The van der Waals surface area contributed by atoms with Gasteiger partial charge in [-0.3, -0.25) is 4.79 Å². The Morgan fingerprint density at radius 2 is 1.91 bits per heavy atom. The first kappa shape index (κ1) is 21.1. The van der Waals surface area contributed by atoms with Gasteiger partial charge in [-0.2, -0.15) is 0 Å². The van der Waals surface area contributed by atoms with Crippen molar-refractivity contribution in [3.05, 3.63) is 52.5 Å². The minimum Gasteiger partial charge on any atom is -0.470 e. The molecule has 7 nitrogen and oxygen atoms in total. The number of aldehydes is 1. The fraction of sp³-hybridized carbons (Fsp3) is 0.400. The first-order valence-corrected chi connectivity index (χ1v) is 11.5. The van der Waals surface area contributed by atoms with Gasteiger partial charge in [0.05, 0.1) is 35.9 Å².